The van der Waals surface area contributed by atoms with E-state index in [2.05, 4.69) is 22.8 Å². The summed E-state index contributed by atoms with van der Waals surface area (Å²) in [6.07, 6.45) is 0. The Labute approximate surface area is 174 Å². The number of likely N-dealkylation sites (N-methyl/N-ethyl adjacent to an activating group) is 1. The Morgan fingerprint density at radius 2 is 1.69 bits per heavy atom. The molecule has 0 N–H and O–H groups in total. The van der Waals surface area contributed by atoms with Gasteiger partial charge >= 0.3 is 0 Å². The van der Waals surface area contributed by atoms with Crippen LogP contribution < -0.4 is 13.9 Å². The maximum absolute atomic E-state index is 12.6. The highest BCUT2D eigenvalue weighted by atomic mass is 32.2. The molecule has 1 heterocycles. The van der Waals surface area contributed by atoms with Crippen LogP contribution in [0.4, 0.5) is 11.4 Å². The van der Waals surface area contributed by atoms with Crippen LogP contribution in [0.2, 0.25) is 0 Å². The zero-order valence-corrected chi connectivity index (χ0v) is 18.6. The van der Waals surface area contributed by atoms with Crippen LogP contribution >= 0.6 is 0 Å². The molecular weight excluding hydrogens is 386 g/mol. The molecule has 1 saturated heterocycles. The van der Waals surface area contributed by atoms with Gasteiger partial charge in [0.05, 0.1) is 18.6 Å². The first kappa shape index (κ1) is 21.5. The Morgan fingerprint density at radius 3 is 2.24 bits per heavy atom. The molecule has 0 unspecified atom stereocenters. The predicted molar refractivity (Wildman–Crippen MR) is 121 cm³/mol. The largest absolute Gasteiger partial charge is 0.494 e. The summed E-state index contributed by atoms with van der Waals surface area (Å²) in [5, 5.41) is 0. The van der Waals surface area contributed by atoms with Crippen molar-refractivity contribution in [1.82, 2.24) is 4.90 Å². The molecule has 1 aliphatic rings. The number of rotatable bonds is 7. The summed E-state index contributed by atoms with van der Waals surface area (Å²) in [5.41, 5.74) is 3.50. The minimum absolute atomic E-state index is 0.0345. The van der Waals surface area contributed by atoms with E-state index in [1.165, 1.54) is 4.31 Å². The average molecular weight is 418 g/mol. The highest BCUT2D eigenvalue weighted by molar-refractivity contribution is 7.92. The molecule has 3 rings (SSSR count). The maximum atomic E-state index is 12.6. The number of hydrogen-bond donors (Lipinski definition) is 0. The Balaban J connectivity index is 2.14. The zero-order valence-electron chi connectivity index (χ0n) is 17.8. The van der Waals surface area contributed by atoms with E-state index in [1.54, 1.807) is 21.1 Å². The first-order chi connectivity index (χ1) is 13.9. The molecule has 7 heteroatoms. The van der Waals surface area contributed by atoms with Crippen molar-refractivity contribution in [2.45, 2.75) is 13.8 Å². The van der Waals surface area contributed by atoms with E-state index < -0.39 is 10.0 Å². The second-order valence-electron chi connectivity index (χ2n) is 7.20. The SMILES string of the molecule is CCN1CCN(c2cc(-c3ccccc3)c(OC)c(N(C)S(=O)(=O)CC)c2)CC1. The number of ether oxygens (including phenoxy) is 1. The minimum atomic E-state index is -3.42. The molecule has 0 spiro atoms. The summed E-state index contributed by atoms with van der Waals surface area (Å²) in [5.74, 6) is 0.610. The lowest BCUT2D eigenvalue weighted by Crippen LogP contribution is -2.46. The molecule has 158 valence electrons. The average Bonchev–Trinajstić information content (AvgIpc) is 2.78. The Kier molecular flexibility index (Phi) is 6.70. The van der Waals surface area contributed by atoms with Crippen LogP contribution in [0.5, 0.6) is 5.75 Å². The second-order valence-corrected chi connectivity index (χ2v) is 9.49. The van der Waals surface area contributed by atoms with Crippen LogP contribution in [-0.4, -0.2) is 66.0 Å². The van der Waals surface area contributed by atoms with Gasteiger partial charge in [0, 0.05) is 44.5 Å². The molecule has 29 heavy (non-hydrogen) atoms. The Hall–Kier alpha value is -2.25. The lowest BCUT2D eigenvalue weighted by atomic mass is 10.0. The molecule has 2 aromatic carbocycles. The maximum Gasteiger partial charge on any atom is 0.234 e. The van der Waals surface area contributed by atoms with Gasteiger partial charge in [0.15, 0.2) is 5.75 Å². The summed E-state index contributed by atoms with van der Waals surface area (Å²) in [6.45, 7) is 8.72. The summed E-state index contributed by atoms with van der Waals surface area (Å²) in [4.78, 5) is 4.75. The van der Waals surface area contributed by atoms with E-state index >= 15 is 0 Å². The minimum Gasteiger partial charge on any atom is -0.494 e. The molecule has 0 amide bonds. The third kappa shape index (κ3) is 4.51. The van der Waals surface area contributed by atoms with Crippen molar-refractivity contribution < 1.29 is 13.2 Å². The van der Waals surface area contributed by atoms with Gasteiger partial charge in [0.25, 0.3) is 0 Å². The lowest BCUT2D eigenvalue weighted by molar-refractivity contribution is 0.271. The topological polar surface area (TPSA) is 53.1 Å². The van der Waals surface area contributed by atoms with Crippen molar-refractivity contribution in [3.8, 4) is 16.9 Å². The summed E-state index contributed by atoms with van der Waals surface area (Å²) >= 11 is 0. The van der Waals surface area contributed by atoms with Crippen molar-refractivity contribution in [2.75, 3.05) is 61.8 Å². The lowest BCUT2D eigenvalue weighted by Gasteiger charge is -2.36. The number of nitrogens with zero attached hydrogens (tertiary/aromatic N) is 3. The summed E-state index contributed by atoms with van der Waals surface area (Å²) in [6, 6.07) is 14.0. The van der Waals surface area contributed by atoms with Crippen LogP contribution in [0.15, 0.2) is 42.5 Å². The van der Waals surface area contributed by atoms with E-state index in [0.29, 0.717) is 11.4 Å². The van der Waals surface area contributed by atoms with Crippen molar-refractivity contribution in [3.63, 3.8) is 0 Å². The fourth-order valence-electron chi connectivity index (χ4n) is 3.73. The number of piperazine rings is 1. The second kappa shape index (κ2) is 9.05. The van der Waals surface area contributed by atoms with Gasteiger partial charge in [-0.05, 0) is 31.2 Å². The molecule has 1 aliphatic heterocycles. The number of methoxy groups -OCH3 is 1. The molecule has 0 aliphatic carbocycles. The molecule has 6 nitrogen and oxygen atoms in total. The van der Waals surface area contributed by atoms with Crippen LogP contribution in [0.3, 0.4) is 0 Å². The fourth-order valence-corrected chi connectivity index (χ4v) is 4.55. The van der Waals surface area contributed by atoms with E-state index in [4.69, 9.17) is 4.74 Å². The molecule has 0 radical (unpaired) electrons. The van der Waals surface area contributed by atoms with Gasteiger partial charge in [0.2, 0.25) is 10.0 Å². The van der Waals surface area contributed by atoms with Crippen molar-refractivity contribution in [1.29, 1.82) is 0 Å². The van der Waals surface area contributed by atoms with Crippen LogP contribution in [0.25, 0.3) is 11.1 Å². The quantitative estimate of drug-likeness (QED) is 0.692. The first-order valence-corrected chi connectivity index (χ1v) is 11.7. The van der Waals surface area contributed by atoms with E-state index in [-0.39, 0.29) is 5.75 Å². The monoisotopic (exact) mass is 417 g/mol. The fraction of sp³-hybridized carbons (Fsp3) is 0.455. The highest BCUT2D eigenvalue weighted by Gasteiger charge is 2.25. The van der Waals surface area contributed by atoms with Crippen LogP contribution in [0, 0.1) is 0 Å². The molecular formula is C22H31N3O3S. The number of hydrogen-bond acceptors (Lipinski definition) is 5. The predicted octanol–water partition coefficient (Wildman–Crippen LogP) is 3.29. The zero-order chi connectivity index (χ0) is 21.0. The van der Waals surface area contributed by atoms with Gasteiger partial charge in [-0.15, -0.1) is 0 Å². The molecule has 0 bridgehead atoms. The third-order valence-electron chi connectivity index (χ3n) is 5.65. The Bertz CT molecular complexity index is 924. The smallest absolute Gasteiger partial charge is 0.234 e. The molecule has 0 aromatic heterocycles. The molecule has 2 aromatic rings. The Morgan fingerprint density at radius 1 is 1.03 bits per heavy atom. The number of sulfonamides is 1. The van der Waals surface area contributed by atoms with E-state index in [1.807, 2.05) is 36.4 Å². The van der Waals surface area contributed by atoms with Crippen LogP contribution in [0.1, 0.15) is 13.8 Å². The normalized spacial score (nSPS) is 15.4. The number of anilines is 2. The van der Waals surface area contributed by atoms with E-state index in [9.17, 15) is 8.42 Å². The van der Waals surface area contributed by atoms with Crippen molar-refractivity contribution >= 4 is 21.4 Å². The molecule has 0 saturated carbocycles. The standard InChI is InChI=1S/C22H31N3O3S/c1-5-24-12-14-25(15-13-24)19-16-20(18-10-8-7-9-11-18)22(28-4)21(17-19)23(3)29(26,27)6-2/h7-11,16-17H,5-6,12-15H2,1-4H3. The summed E-state index contributed by atoms with van der Waals surface area (Å²) < 4.78 is 32.4. The van der Waals surface area contributed by atoms with Gasteiger partial charge in [-0.2, -0.15) is 0 Å². The molecule has 0 atom stereocenters. The van der Waals surface area contributed by atoms with Gasteiger partial charge in [0.1, 0.15) is 0 Å². The number of benzene rings is 2. The van der Waals surface area contributed by atoms with Crippen LogP contribution in [-0.2, 0) is 10.0 Å². The first-order valence-electron chi connectivity index (χ1n) is 10.1. The van der Waals surface area contributed by atoms with Crippen molar-refractivity contribution in [3.05, 3.63) is 42.5 Å². The third-order valence-corrected chi connectivity index (χ3v) is 7.41. The van der Waals surface area contributed by atoms with Gasteiger partial charge in [-0.25, -0.2) is 8.42 Å². The summed E-state index contributed by atoms with van der Waals surface area (Å²) in [7, 11) is -0.220. The van der Waals surface area contributed by atoms with Crippen molar-refractivity contribution in [2.24, 2.45) is 0 Å². The highest BCUT2D eigenvalue weighted by Crippen LogP contribution is 2.42. The van der Waals surface area contributed by atoms with Gasteiger partial charge in [-0.1, -0.05) is 37.3 Å². The van der Waals surface area contributed by atoms with Gasteiger partial charge < -0.3 is 14.5 Å². The van der Waals surface area contributed by atoms with E-state index in [0.717, 1.165) is 49.5 Å². The molecule has 1 fully saturated rings. The van der Waals surface area contributed by atoms with Gasteiger partial charge in [-0.3, -0.25) is 4.31 Å².